The van der Waals surface area contributed by atoms with E-state index < -0.39 is 0 Å². The highest BCUT2D eigenvalue weighted by molar-refractivity contribution is 7.15. The van der Waals surface area contributed by atoms with Crippen LogP contribution in [0.1, 0.15) is 69.0 Å². The Morgan fingerprint density at radius 2 is 2.00 bits per heavy atom. The van der Waals surface area contributed by atoms with Gasteiger partial charge in [0.1, 0.15) is 0 Å². The SMILES string of the molecule is CC(C)CN(c1nc2c(s1)CCCC2O)C1CCCC1. The molecule has 3 nitrogen and oxygen atoms in total. The maximum absolute atomic E-state index is 10.1. The number of hydrogen-bond acceptors (Lipinski definition) is 4. The van der Waals surface area contributed by atoms with Crippen molar-refractivity contribution in [3.63, 3.8) is 0 Å². The van der Waals surface area contributed by atoms with Gasteiger partial charge in [0.25, 0.3) is 0 Å². The Morgan fingerprint density at radius 1 is 1.25 bits per heavy atom. The second-order valence-electron chi connectivity index (χ2n) is 6.70. The van der Waals surface area contributed by atoms with E-state index in [0.717, 1.165) is 36.6 Å². The van der Waals surface area contributed by atoms with Gasteiger partial charge in [-0.1, -0.05) is 26.7 Å². The van der Waals surface area contributed by atoms with Crippen LogP contribution in [0.2, 0.25) is 0 Å². The Hall–Kier alpha value is -0.610. The van der Waals surface area contributed by atoms with Crippen molar-refractivity contribution in [1.82, 2.24) is 4.98 Å². The third kappa shape index (κ3) is 2.86. The molecule has 4 heteroatoms. The molecule has 0 bridgehead atoms. The number of aromatic nitrogens is 1. The van der Waals surface area contributed by atoms with Crippen molar-refractivity contribution in [3.8, 4) is 0 Å². The highest BCUT2D eigenvalue weighted by Gasteiger charge is 2.29. The Bertz CT molecular complexity index is 451. The standard InChI is InChI=1S/C16H26N2OS/c1-11(2)10-18(12-6-3-4-7-12)16-17-15-13(19)8-5-9-14(15)20-16/h11-13,19H,3-10H2,1-2H3. The molecule has 0 spiro atoms. The predicted molar refractivity (Wildman–Crippen MR) is 84.5 cm³/mol. The van der Waals surface area contributed by atoms with Crippen LogP contribution in [0, 0.1) is 5.92 Å². The molecular weight excluding hydrogens is 268 g/mol. The van der Waals surface area contributed by atoms with Crippen LogP contribution < -0.4 is 4.90 Å². The number of fused-ring (bicyclic) bond motifs is 1. The van der Waals surface area contributed by atoms with Crippen LogP contribution in [0.5, 0.6) is 0 Å². The average Bonchev–Trinajstić information content (AvgIpc) is 3.05. The van der Waals surface area contributed by atoms with Crippen molar-refractivity contribution < 1.29 is 5.11 Å². The van der Waals surface area contributed by atoms with Crippen molar-refractivity contribution >= 4 is 16.5 Å². The van der Waals surface area contributed by atoms with Gasteiger partial charge >= 0.3 is 0 Å². The van der Waals surface area contributed by atoms with Gasteiger partial charge in [-0.3, -0.25) is 0 Å². The third-order valence-electron chi connectivity index (χ3n) is 4.49. The first-order chi connectivity index (χ1) is 9.65. The van der Waals surface area contributed by atoms with Crippen LogP contribution in [0.25, 0.3) is 0 Å². The molecule has 0 amide bonds. The van der Waals surface area contributed by atoms with E-state index in [1.165, 1.54) is 30.6 Å². The Morgan fingerprint density at radius 3 is 2.65 bits per heavy atom. The van der Waals surface area contributed by atoms with E-state index in [0.29, 0.717) is 12.0 Å². The summed E-state index contributed by atoms with van der Waals surface area (Å²) in [5.74, 6) is 0.654. The number of nitrogens with zero attached hydrogens (tertiary/aromatic N) is 2. The molecule has 2 aliphatic carbocycles. The molecule has 0 aliphatic heterocycles. The molecule has 1 saturated carbocycles. The molecule has 1 fully saturated rings. The van der Waals surface area contributed by atoms with Gasteiger partial charge in [-0.2, -0.15) is 0 Å². The largest absolute Gasteiger partial charge is 0.387 e. The predicted octanol–water partition coefficient (Wildman–Crippen LogP) is 3.92. The first-order valence-corrected chi connectivity index (χ1v) is 8.91. The average molecular weight is 294 g/mol. The second kappa shape index (κ2) is 6.02. The first kappa shape index (κ1) is 14.3. The zero-order valence-corrected chi connectivity index (χ0v) is 13.5. The van der Waals surface area contributed by atoms with Crippen LogP contribution in [0.4, 0.5) is 5.13 Å². The van der Waals surface area contributed by atoms with Crippen LogP contribution in [0.15, 0.2) is 0 Å². The summed E-state index contributed by atoms with van der Waals surface area (Å²) in [4.78, 5) is 8.68. The summed E-state index contributed by atoms with van der Waals surface area (Å²) in [5, 5.41) is 11.3. The van der Waals surface area contributed by atoms with Gasteiger partial charge in [0.05, 0.1) is 11.8 Å². The van der Waals surface area contributed by atoms with Crippen molar-refractivity contribution in [2.45, 2.75) is 70.9 Å². The number of rotatable bonds is 4. The number of anilines is 1. The fourth-order valence-corrected chi connectivity index (χ4v) is 4.74. The van der Waals surface area contributed by atoms with Crippen LogP contribution in [-0.4, -0.2) is 22.7 Å². The lowest BCUT2D eigenvalue weighted by Crippen LogP contribution is -2.36. The lowest BCUT2D eigenvalue weighted by Gasteiger charge is -2.30. The number of aliphatic hydroxyl groups is 1. The monoisotopic (exact) mass is 294 g/mol. The molecule has 1 heterocycles. The summed E-state index contributed by atoms with van der Waals surface area (Å²) in [7, 11) is 0. The molecule has 1 unspecified atom stereocenters. The molecular formula is C16H26N2OS. The Kier molecular flexibility index (Phi) is 4.32. The maximum Gasteiger partial charge on any atom is 0.186 e. The van der Waals surface area contributed by atoms with Crippen molar-refractivity contribution in [3.05, 3.63) is 10.6 Å². The third-order valence-corrected chi connectivity index (χ3v) is 5.65. The van der Waals surface area contributed by atoms with Gasteiger partial charge in [-0.25, -0.2) is 4.98 Å². The highest BCUT2D eigenvalue weighted by Crippen LogP contribution is 2.39. The minimum Gasteiger partial charge on any atom is -0.387 e. The Balaban J connectivity index is 1.86. The zero-order chi connectivity index (χ0) is 14.1. The summed E-state index contributed by atoms with van der Waals surface area (Å²) in [6.45, 7) is 5.65. The number of aryl methyl sites for hydroxylation is 1. The molecule has 2 aliphatic rings. The maximum atomic E-state index is 10.1. The van der Waals surface area contributed by atoms with Crippen LogP contribution >= 0.6 is 11.3 Å². The second-order valence-corrected chi connectivity index (χ2v) is 7.76. The van der Waals surface area contributed by atoms with Gasteiger partial charge in [0.15, 0.2) is 5.13 Å². The van der Waals surface area contributed by atoms with Crippen molar-refractivity contribution in [2.75, 3.05) is 11.4 Å². The summed E-state index contributed by atoms with van der Waals surface area (Å²) < 4.78 is 0. The first-order valence-electron chi connectivity index (χ1n) is 8.09. The van der Waals surface area contributed by atoms with E-state index in [9.17, 15) is 5.11 Å². The number of hydrogen-bond donors (Lipinski definition) is 1. The van der Waals surface area contributed by atoms with Crippen molar-refractivity contribution in [2.24, 2.45) is 5.92 Å². The molecule has 0 radical (unpaired) electrons. The van der Waals surface area contributed by atoms with E-state index >= 15 is 0 Å². The topological polar surface area (TPSA) is 36.4 Å². The van der Waals surface area contributed by atoms with E-state index in [2.05, 4.69) is 18.7 Å². The van der Waals surface area contributed by atoms with Gasteiger partial charge in [0, 0.05) is 17.5 Å². The van der Waals surface area contributed by atoms with Gasteiger partial charge in [-0.05, 0) is 38.0 Å². The molecule has 0 saturated heterocycles. The zero-order valence-electron chi connectivity index (χ0n) is 12.6. The Labute approximate surface area is 126 Å². The lowest BCUT2D eigenvalue weighted by molar-refractivity contribution is 0.153. The minimum atomic E-state index is -0.326. The molecule has 0 aromatic carbocycles. The van der Waals surface area contributed by atoms with Gasteiger partial charge in [0.2, 0.25) is 0 Å². The highest BCUT2D eigenvalue weighted by atomic mass is 32.1. The molecule has 20 heavy (non-hydrogen) atoms. The number of thiazole rings is 1. The van der Waals surface area contributed by atoms with E-state index in [-0.39, 0.29) is 6.10 Å². The number of aliphatic hydroxyl groups excluding tert-OH is 1. The fraction of sp³-hybridized carbons (Fsp3) is 0.812. The molecule has 112 valence electrons. The minimum absolute atomic E-state index is 0.326. The summed E-state index contributed by atoms with van der Waals surface area (Å²) >= 11 is 1.83. The normalized spacial score (nSPS) is 23.3. The molecule has 1 atom stereocenters. The lowest BCUT2D eigenvalue weighted by atomic mass is 10.0. The quantitative estimate of drug-likeness (QED) is 0.914. The van der Waals surface area contributed by atoms with E-state index in [1.807, 2.05) is 11.3 Å². The molecule has 1 aromatic rings. The van der Waals surface area contributed by atoms with E-state index in [1.54, 1.807) is 0 Å². The van der Waals surface area contributed by atoms with Gasteiger partial charge < -0.3 is 10.0 Å². The summed E-state index contributed by atoms with van der Waals surface area (Å²) in [5.41, 5.74) is 0.975. The smallest absolute Gasteiger partial charge is 0.186 e. The van der Waals surface area contributed by atoms with Crippen LogP contribution in [-0.2, 0) is 6.42 Å². The molecule has 1 N–H and O–H groups in total. The van der Waals surface area contributed by atoms with E-state index in [4.69, 9.17) is 4.98 Å². The molecule has 3 rings (SSSR count). The van der Waals surface area contributed by atoms with Gasteiger partial charge in [-0.15, -0.1) is 11.3 Å². The summed E-state index contributed by atoms with van der Waals surface area (Å²) in [6, 6.07) is 0.669. The van der Waals surface area contributed by atoms with Crippen LogP contribution in [0.3, 0.4) is 0 Å². The molecule has 1 aromatic heterocycles. The fourth-order valence-electron chi connectivity index (χ4n) is 3.50. The van der Waals surface area contributed by atoms with Crippen molar-refractivity contribution in [1.29, 1.82) is 0 Å². The summed E-state index contributed by atoms with van der Waals surface area (Å²) in [6.07, 6.45) is 8.07.